The summed E-state index contributed by atoms with van der Waals surface area (Å²) in [6.45, 7) is 1.37. The van der Waals surface area contributed by atoms with E-state index in [9.17, 15) is 17.6 Å². The number of hydrogen-bond acceptors (Lipinski definition) is 5. The van der Waals surface area contributed by atoms with Gasteiger partial charge in [0, 0.05) is 31.4 Å². The van der Waals surface area contributed by atoms with Crippen LogP contribution in [-0.4, -0.2) is 34.6 Å². The zero-order chi connectivity index (χ0) is 19.9. The van der Waals surface area contributed by atoms with Crippen molar-refractivity contribution in [2.75, 3.05) is 25.4 Å². The van der Waals surface area contributed by atoms with Crippen LogP contribution >= 0.6 is 0 Å². The summed E-state index contributed by atoms with van der Waals surface area (Å²) in [5, 5.41) is 0. The van der Waals surface area contributed by atoms with E-state index < -0.39 is 23.2 Å². The number of piperidine rings is 1. The van der Waals surface area contributed by atoms with E-state index in [0.717, 1.165) is 29.5 Å². The number of aromatic nitrogens is 2. The number of fused-ring (bicyclic) bond motifs is 2. The molecule has 0 saturated carbocycles. The SMILES string of the molecule is Nc1ncc2c(n1)C1(CCN(Cc3c(F)cccc3C(F)(F)F)CC1)OCC2. The molecule has 2 aliphatic heterocycles. The van der Waals surface area contributed by atoms with Crippen molar-refractivity contribution in [3.05, 3.63) is 52.6 Å². The van der Waals surface area contributed by atoms with E-state index in [4.69, 9.17) is 10.5 Å². The van der Waals surface area contributed by atoms with Gasteiger partial charge in [0.15, 0.2) is 0 Å². The highest BCUT2D eigenvalue weighted by molar-refractivity contribution is 5.33. The summed E-state index contributed by atoms with van der Waals surface area (Å²) in [6.07, 6.45) is -1.08. The minimum Gasteiger partial charge on any atom is -0.368 e. The topological polar surface area (TPSA) is 64.3 Å². The lowest BCUT2D eigenvalue weighted by Gasteiger charge is -2.44. The van der Waals surface area contributed by atoms with Crippen LogP contribution in [0.5, 0.6) is 0 Å². The Hall–Kier alpha value is -2.26. The first-order chi connectivity index (χ1) is 13.3. The highest BCUT2D eigenvalue weighted by Crippen LogP contribution is 2.41. The van der Waals surface area contributed by atoms with Gasteiger partial charge in [-0.25, -0.2) is 14.4 Å². The maximum Gasteiger partial charge on any atom is 0.416 e. The fraction of sp³-hybridized carbons (Fsp3) is 0.474. The highest BCUT2D eigenvalue weighted by atomic mass is 19.4. The van der Waals surface area contributed by atoms with Gasteiger partial charge in [-0.05, 0) is 37.0 Å². The van der Waals surface area contributed by atoms with Crippen molar-refractivity contribution in [3.63, 3.8) is 0 Å². The van der Waals surface area contributed by atoms with E-state index in [2.05, 4.69) is 9.97 Å². The van der Waals surface area contributed by atoms with Crippen LogP contribution in [0.4, 0.5) is 23.5 Å². The lowest BCUT2D eigenvalue weighted by Crippen LogP contribution is -2.47. The Balaban J connectivity index is 1.54. The lowest BCUT2D eigenvalue weighted by atomic mass is 9.83. The van der Waals surface area contributed by atoms with Crippen molar-refractivity contribution < 1.29 is 22.3 Å². The van der Waals surface area contributed by atoms with Gasteiger partial charge in [0.05, 0.1) is 17.9 Å². The molecule has 3 heterocycles. The van der Waals surface area contributed by atoms with Gasteiger partial charge in [0.1, 0.15) is 11.4 Å². The summed E-state index contributed by atoms with van der Waals surface area (Å²) in [5.74, 6) is -0.665. The van der Waals surface area contributed by atoms with Crippen LogP contribution in [0.25, 0.3) is 0 Å². The number of ether oxygens (including phenoxy) is 1. The number of likely N-dealkylation sites (tertiary alicyclic amines) is 1. The average molecular weight is 396 g/mol. The first-order valence-corrected chi connectivity index (χ1v) is 9.11. The number of anilines is 1. The maximum absolute atomic E-state index is 14.1. The molecule has 1 aromatic carbocycles. The van der Waals surface area contributed by atoms with Crippen LogP contribution in [0.2, 0.25) is 0 Å². The number of nitrogens with two attached hydrogens (primary N) is 1. The summed E-state index contributed by atoms with van der Waals surface area (Å²) in [7, 11) is 0. The van der Waals surface area contributed by atoms with E-state index in [1.807, 2.05) is 4.90 Å². The van der Waals surface area contributed by atoms with Crippen LogP contribution in [0.3, 0.4) is 0 Å². The van der Waals surface area contributed by atoms with Crippen molar-refractivity contribution in [2.24, 2.45) is 0 Å². The van der Waals surface area contributed by atoms with Gasteiger partial charge in [0.2, 0.25) is 5.95 Å². The molecule has 5 nitrogen and oxygen atoms in total. The summed E-state index contributed by atoms with van der Waals surface area (Å²) < 4.78 is 59.9. The Labute approximate surface area is 159 Å². The van der Waals surface area contributed by atoms with Crippen molar-refractivity contribution in [2.45, 2.75) is 37.6 Å². The summed E-state index contributed by atoms with van der Waals surface area (Å²) in [6, 6.07) is 3.07. The first kappa shape index (κ1) is 19.1. The zero-order valence-corrected chi connectivity index (χ0v) is 15.1. The normalized spacial score (nSPS) is 19.6. The van der Waals surface area contributed by atoms with Gasteiger partial charge < -0.3 is 10.5 Å². The molecule has 150 valence electrons. The number of nitrogens with zero attached hydrogens (tertiary/aromatic N) is 3. The van der Waals surface area contributed by atoms with Crippen LogP contribution in [0.1, 0.15) is 35.2 Å². The van der Waals surface area contributed by atoms with Gasteiger partial charge in [0.25, 0.3) is 0 Å². The smallest absolute Gasteiger partial charge is 0.368 e. The second-order valence-electron chi connectivity index (χ2n) is 7.23. The Kier molecular flexibility index (Phi) is 4.75. The van der Waals surface area contributed by atoms with Gasteiger partial charge in [-0.1, -0.05) is 6.07 Å². The monoisotopic (exact) mass is 396 g/mol. The van der Waals surface area contributed by atoms with Crippen LogP contribution < -0.4 is 5.73 Å². The Bertz CT molecular complexity index is 879. The molecule has 0 aliphatic carbocycles. The standard InChI is InChI=1S/C19H20F4N4O/c20-15-3-1-2-14(19(21,22)23)13(15)11-27-7-5-18(6-8-27)16-12(4-9-28-18)10-25-17(24)26-16/h1-3,10H,4-9,11H2,(H2,24,25,26). The Morgan fingerprint density at radius 1 is 1.21 bits per heavy atom. The molecule has 1 aromatic heterocycles. The average Bonchev–Trinajstić information content (AvgIpc) is 2.65. The van der Waals surface area contributed by atoms with Gasteiger partial charge >= 0.3 is 6.18 Å². The van der Waals surface area contributed by atoms with Crippen molar-refractivity contribution in [1.29, 1.82) is 0 Å². The fourth-order valence-electron chi connectivity index (χ4n) is 4.08. The van der Waals surface area contributed by atoms with Crippen molar-refractivity contribution >= 4 is 5.95 Å². The molecule has 0 bridgehead atoms. The van der Waals surface area contributed by atoms with Crippen molar-refractivity contribution in [1.82, 2.24) is 14.9 Å². The van der Waals surface area contributed by atoms with Crippen LogP contribution in [-0.2, 0) is 29.5 Å². The molecule has 2 N–H and O–H groups in total. The second kappa shape index (κ2) is 6.97. The third kappa shape index (κ3) is 3.44. The Morgan fingerprint density at radius 3 is 2.68 bits per heavy atom. The number of benzene rings is 1. The van der Waals surface area contributed by atoms with E-state index in [-0.39, 0.29) is 18.1 Å². The molecule has 4 rings (SSSR count). The number of nitrogen functional groups attached to an aromatic ring is 1. The predicted octanol–water partition coefficient (Wildman–Crippen LogP) is 3.28. The van der Waals surface area contributed by atoms with Gasteiger partial charge in [-0.15, -0.1) is 0 Å². The molecule has 2 aliphatic rings. The molecular formula is C19H20F4N4O. The third-order valence-corrected chi connectivity index (χ3v) is 5.53. The zero-order valence-electron chi connectivity index (χ0n) is 15.1. The van der Waals surface area contributed by atoms with E-state index in [1.54, 1.807) is 6.20 Å². The molecule has 0 amide bonds. The van der Waals surface area contributed by atoms with Crippen LogP contribution in [0.15, 0.2) is 24.4 Å². The second-order valence-corrected chi connectivity index (χ2v) is 7.23. The molecular weight excluding hydrogens is 376 g/mol. The molecule has 9 heteroatoms. The van der Waals surface area contributed by atoms with Crippen LogP contribution in [0, 0.1) is 5.82 Å². The van der Waals surface area contributed by atoms with E-state index >= 15 is 0 Å². The van der Waals surface area contributed by atoms with Gasteiger partial charge in [-0.3, -0.25) is 4.90 Å². The Morgan fingerprint density at radius 2 is 1.96 bits per heavy atom. The summed E-state index contributed by atoms with van der Waals surface area (Å²) in [5.41, 5.74) is 5.65. The number of alkyl halides is 3. The molecule has 2 aromatic rings. The molecule has 1 saturated heterocycles. The molecule has 1 fully saturated rings. The molecule has 28 heavy (non-hydrogen) atoms. The first-order valence-electron chi connectivity index (χ1n) is 9.11. The number of rotatable bonds is 2. The quantitative estimate of drug-likeness (QED) is 0.790. The summed E-state index contributed by atoms with van der Waals surface area (Å²) in [4.78, 5) is 10.2. The molecule has 0 atom stereocenters. The largest absolute Gasteiger partial charge is 0.416 e. The van der Waals surface area contributed by atoms with Gasteiger partial charge in [-0.2, -0.15) is 13.2 Å². The summed E-state index contributed by atoms with van der Waals surface area (Å²) >= 11 is 0. The fourth-order valence-corrected chi connectivity index (χ4v) is 4.08. The van der Waals surface area contributed by atoms with E-state index in [0.29, 0.717) is 39.0 Å². The minimum absolute atomic E-state index is 0.101. The molecule has 1 spiro atoms. The highest BCUT2D eigenvalue weighted by Gasteiger charge is 2.43. The van der Waals surface area contributed by atoms with E-state index in [1.165, 1.54) is 0 Å². The van der Waals surface area contributed by atoms with Crippen molar-refractivity contribution in [3.8, 4) is 0 Å². The predicted molar refractivity (Wildman–Crippen MR) is 93.7 cm³/mol. The third-order valence-electron chi connectivity index (χ3n) is 5.53. The minimum atomic E-state index is -4.59. The lowest BCUT2D eigenvalue weighted by molar-refractivity contribution is -0.139. The number of halogens is 4. The maximum atomic E-state index is 14.1. The molecule has 0 radical (unpaired) electrons. The molecule has 0 unspecified atom stereocenters. The number of hydrogen-bond donors (Lipinski definition) is 1.